The van der Waals surface area contributed by atoms with Gasteiger partial charge < -0.3 is 0 Å². The number of hydrogen-bond acceptors (Lipinski definition) is 4. The van der Waals surface area contributed by atoms with Gasteiger partial charge in [0.25, 0.3) is 5.69 Å². The van der Waals surface area contributed by atoms with Gasteiger partial charge in [-0.3, -0.25) is 10.1 Å². The molecule has 0 amide bonds. The van der Waals surface area contributed by atoms with Crippen LogP contribution in [0.2, 0.25) is 0 Å². The van der Waals surface area contributed by atoms with Gasteiger partial charge in [-0.2, -0.15) is 8.78 Å². The van der Waals surface area contributed by atoms with Crippen molar-refractivity contribution in [3.63, 3.8) is 0 Å². The smallest absolute Gasteiger partial charge is 0.258 e. The predicted octanol–water partition coefficient (Wildman–Crippen LogP) is 2.08. The van der Waals surface area contributed by atoms with E-state index in [2.05, 4.69) is 0 Å². The van der Waals surface area contributed by atoms with E-state index in [1.54, 1.807) is 0 Å². The fraction of sp³-hybridized carbons (Fsp3) is 0.333. The van der Waals surface area contributed by atoms with E-state index in [0.29, 0.717) is 0 Å². The standard InChI is InChI=1S/C9H9F2NO4S/c1-2-17(15,16)9(10,11)7-3-5-8(6-4-7)12(13)14/h3-6H,2H2,1H3. The first-order chi connectivity index (χ1) is 7.72. The SMILES string of the molecule is CCS(=O)(=O)C(F)(F)c1ccc([N+](=O)[O-])cc1. The van der Waals surface area contributed by atoms with Crippen molar-refractivity contribution < 1.29 is 22.1 Å². The third kappa shape index (κ3) is 2.41. The lowest BCUT2D eigenvalue weighted by Gasteiger charge is -2.15. The minimum atomic E-state index is -4.59. The highest BCUT2D eigenvalue weighted by Gasteiger charge is 2.45. The van der Waals surface area contributed by atoms with Crippen molar-refractivity contribution in [2.45, 2.75) is 12.2 Å². The molecule has 0 fully saturated rings. The molecule has 0 atom stereocenters. The van der Waals surface area contributed by atoms with Crippen LogP contribution in [0.3, 0.4) is 0 Å². The molecule has 0 heterocycles. The Morgan fingerprint density at radius 1 is 1.29 bits per heavy atom. The number of benzene rings is 1. The highest BCUT2D eigenvalue weighted by molar-refractivity contribution is 7.92. The molecular formula is C9H9F2NO4S. The van der Waals surface area contributed by atoms with Crippen molar-refractivity contribution in [1.82, 2.24) is 0 Å². The summed E-state index contributed by atoms with van der Waals surface area (Å²) in [6.45, 7) is 1.11. The van der Waals surface area contributed by atoms with Gasteiger partial charge in [-0.15, -0.1) is 0 Å². The van der Waals surface area contributed by atoms with Crippen molar-refractivity contribution in [3.05, 3.63) is 39.9 Å². The minimum absolute atomic E-state index is 0.376. The van der Waals surface area contributed by atoms with Crippen LogP contribution in [-0.4, -0.2) is 19.1 Å². The van der Waals surface area contributed by atoms with Crippen molar-refractivity contribution in [2.24, 2.45) is 0 Å². The fourth-order valence-electron chi connectivity index (χ4n) is 1.14. The predicted molar refractivity (Wildman–Crippen MR) is 56.5 cm³/mol. The van der Waals surface area contributed by atoms with Crippen molar-refractivity contribution in [3.8, 4) is 0 Å². The molecule has 5 nitrogen and oxygen atoms in total. The molecule has 0 aliphatic heterocycles. The van der Waals surface area contributed by atoms with E-state index >= 15 is 0 Å². The number of nitro benzene ring substituents is 1. The molecule has 0 aromatic heterocycles. The van der Waals surface area contributed by atoms with Gasteiger partial charge in [0.05, 0.1) is 10.7 Å². The second-order valence-electron chi connectivity index (χ2n) is 3.22. The number of hydrogen-bond donors (Lipinski definition) is 0. The van der Waals surface area contributed by atoms with Crippen LogP contribution in [0.15, 0.2) is 24.3 Å². The largest absolute Gasteiger partial charge is 0.370 e. The van der Waals surface area contributed by atoms with Crippen LogP contribution >= 0.6 is 0 Å². The van der Waals surface area contributed by atoms with E-state index in [1.807, 2.05) is 0 Å². The first kappa shape index (κ1) is 13.5. The van der Waals surface area contributed by atoms with Gasteiger partial charge in [0.1, 0.15) is 0 Å². The van der Waals surface area contributed by atoms with Crippen molar-refractivity contribution >= 4 is 15.5 Å². The van der Waals surface area contributed by atoms with Gasteiger partial charge in [-0.25, -0.2) is 8.42 Å². The number of nitrogens with zero attached hydrogens (tertiary/aromatic N) is 1. The zero-order valence-corrected chi connectivity index (χ0v) is 9.58. The summed E-state index contributed by atoms with van der Waals surface area (Å²) in [5.74, 6) is -0.711. The van der Waals surface area contributed by atoms with Crippen LogP contribution in [0.5, 0.6) is 0 Å². The van der Waals surface area contributed by atoms with Crippen LogP contribution in [0.25, 0.3) is 0 Å². The summed E-state index contributed by atoms with van der Waals surface area (Å²) in [6.07, 6.45) is 0. The highest BCUT2D eigenvalue weighted by atomic mass is 32.2. The Bertz CT molecular complexity index is 524. The Balaban J connectivity index is 3.22. The van der Waals surface area contributed by atoms with Gasteiger partial charge >= 0.3 is 5.25 Å². The molecule has 0 bridgehead atoms. The van der Waals surface area contributed by atoms with Gasteiger partial charge in [-0.05, 0) is 12.1 Å². The lowest BCUT2D eigenvalue weighted by Crippen LogP contribution is -2.27. The Hall–Kier alpha value is -1.57. The summed E-state index contributed by atoms with van der Waals surface area (Å²) >= 11 is 0. The van der Waals surface area contributed by atoms with Crippen molar-refractivity contribution in [1.29, 1.82) is 0 Å². The normalized spacial score (nSPS) is 12.4. The quantitative estimate of drug-likeness (QED) is 0.616. The monoisotopic (exact) mass is 265 g/mol. The topological polar surface area (TPSA) is 77.3 Å². The molecule has 17 heavy (non-hydrogen) atoms. The van der Waals surface area contributed by atoms with E-state index in [1.165, 1.54) is 0 Å². The van der Waals surface area contributed by atoms with Crippen LogP contribution < -0.4 is 0 Å². The first-order valence-electron chi connectivity index (χ1n) is 4.57. The molecule has 0 unspecified atom stereocenters. The average molecular weight is 265 g/mol. The maximum absolute atomic E-state index is 13.5. The molecule has 1 aromatic carbocycles. The molecule has 0 aliphatic carbocycles. The second-order valence-corrected chi connectivity index (χ2v) is 5.54. The van der Waals surface area contributed by atoms with Crippen LogP contribution in [0, 0.1) is 10.1 Å². The highest BCUT2D eigenvalue weighted by Crippen LogP contribution is 2.35. The van der Waals surface area contributed by atoms with E-state index in [9.17, 15) is 27.3 Å². The molecule has 8 heteroatoms. The first-order valence-corrected chi connectivity index (χ1v) is 6.22. The summed E-state index contributed by atoms with van der Waals surface area (Å²) < 4.78 is 49.3. The molecule has 0 N–H and O–H groups in total. The number of halogens is 2. The summed E-state index contributed by atoms with van der Waals surface area (Å²) in [7, 11) is -4.59. The van der Waals surface area contributed by atoms with Crippen LogP contribution in [0.1, 0.15) is 12.5 Å². The van der Waals surface area contributed by atoms with Crippen molar-refractivity contribution in [2.75, 3.05) is 5.75 Å². The Kier molecular flexibility index (Phi) is 3.46. The molecular weight excluding hydrogens is 256 g/mol. The third-order valence-electron chi connectivity index (χ3n) is 2.18. The third-order valence-corrected chi connectivity index (χ3v) is 3.96. The Morgan fingerprint density at radius 2 is 1.76 bits per heavy atom. The molecule has 0 aliphatic rings. The average Bonchev–Trinajstić information content (AvgIpc) is 2.28. The van der Waals surface area contributed by atoms with Gasteiger partial charge in [-0.1, -0.05) is 6.92 Å². The Morgan fingerprint density at radius 3 is 2.12 bits per heavy atom. The molecule has 0 saturated carbocycles. The lowest BCUT2D eigenvalue weighted by atomic mass is 10.2. The van der Waals surface area contributed by atoms with Gasteiger partial charge in [0.15, 0.2) is 0 Å². The molecule has 0 spiro atoms. The van der Waals surface area contributed by atoms with Crippen LogP contribution in [0.4, 0.5) is 14.5 Å². The minimum Gasteiger partial charge on any atom is -0.258 e. The van der Waals surface area contributed by atoms with E-state index in [4.69, 9.17) is 0 Å². The summed E-state index contributed by atoms with van der Waals surface area (Å²) in [6, 6.07) is 3.17. The zero-order valence-electron chi connectivity index (χ0n) is 8.76. The fourth-order valence-corrected chi connectivity index (χ4v) is 2.00. The van der Waals surface area contributed by atoms with E-state index in [0.717, 1.165) is 31.2 Å². The number of non-ortho nitro benzene ring substituents is 1. The van der Waals surface area contributed by atoms with Crippen LogP contribution in [-0.2, 0) is 15.1 Å². The number of alkyl halides is 2. The van der Waals surface area contributed by atoms with E-state index in [-0.39, 0.29) is 5.69 Å². The lowest BCUT2D eigenvalue weighted by molar-refractivity contribution is -0.384. The maximum Gasteiger partial charge on any atom is 0.370 e. The molecule has 0 saturated heterocycles. The number of rotatable bonds is 4. The number of nitro groups is 1. The summed E-state index contributed by atoms with van der Waals surface area (Å²) in [5.41, 5.74) is -1.15. The number of sulfone groups is 1. The molecule has 94 valence electrons. The maximum atomic E-state index is 13.5. The van der Waals surface area contributed by atoms with Gasteiger partial charge in [0, 0.05) is 17.7 Å². The second kappa shape index (κ2) is 4.36. The van der Waals surface area contributed by atoms with Gasteiger partial charge in [0.2, 0.25) is 9.84 Å². The summed E-state index contributed by atoms with van der Waals surface area (Å²) in [5, 5.41) is 6.28. The molecule has 0 radical (unpaired) electrons. The zero-order chi connectivity index (χ0) is 13.3. The molecule has 1 aromatic rings. The Labute approximate surface area is 96.1 Å². The molecule has 1 rings (SSSR count). The van der Waals surface area contributed by atoms with E-state index < -0.39 is 31.3 Å². The summed E-state index contributed by atoms with van der Waals surface area (Å²) in [4.78, 5) is 9.56.